The molecule has 1 atom stereocenters. The summed E-state index contributed by atoms with van der Waals surface area (Å²) in [6.45, 7) is 4.38. The van der Waals surface area contributed by atoms with E-state index in [9.17, 15) is 5.11 Å². The maximum absolute atomic E-state index is 9.29. The van der Waals surface area contributed by atoms with E-state index in [0.29, 0.717) is 11.1 Å². The number of piperidine rings is 1. The number of anilines is 1. The number of halogens is 1. The molecule has 0 saturated carbocycles. The predicted octanol–water partition coefficient (Wildman–Crippen LogP) is 1.90. The Bertz CT molecular complexity index is 454. The number of hydrogen-bond donors (Lipinski definition) is 1. The number of aliphatic hydroxyl groups is 1. The largest absolute Gasteiger partial charge is 0.392 e. The summed E-state index contributed by atoms with van der Waals surface area (Å²) in [7, 11) is 0. The Kier molecular flexibility index (Phi) is 3.91. The van der Waals surface area contributed by atoms with Gasteiger partial charge >= 0.3 is 0 Å². The van der Waals surface area contributed by atoms with Gasteiger partial charge in [-0.15, -0.1) is 0 Å². The first kappa shape index (κ1) is 13.2. The molecule has 19 heavy (non-hydrogen) atoms. The van der Waals surface area contributed by atoms with Gasteiger partial charge in [-0.2, -0.15) is 0 Å². The van der Waals surface area contributed by atoms with Crippen LogP contribution in [0.2, 0.25) is 5.02 Å². The zero-order valence-corrected chi connectivity index (χ0v) is 11.8. The van der Waals surface area contributed by atoms with E-state index in [1.807, 2.05) is 6.07 Å². The minimum absolute atomic E-state index is 0.0300. The minimum atomic E-state index is -0.0300. The van der Waals surface area contributed by atoms with Crippen molar-refractivity contribution in [3.63, 3.8) is 0 Å². The summed E-state index contributed by atoms with van der Waals surface area (Å²) in [4.78, 5) is 9.33. The Morgan fingerprint density at radius 1 is 1.32 bits per heavy atom. The van der Waals surface area contributed by atoms with Crippen molar-refractivity contribution < 1.29 is 5.11 Å². The molecule has 1 N–H and O–H groups in total. The van der Waals surface area contributed by atoms with Gasteiger partial charge < -0.3 is 10.0 Å². The average Bonchev–Trinajstić information content (AvgIpc) is 2.47. The molecule has 5 heteroatoms. The van der Waals surface area contributed by atoms with Crippen molar-refractivity contribution in [3.05, 3.63) is 22.8 Å². The summed E-state index contributed by atoms with van der Waals surface area (Å²) >= 11 is 6.00. The fourth-order valence-corrected chi connectivity index (χ4v) is 3.29. The Morgan fingerprint density at radius 2 is 2.21 bits per heavy atom. The van der Waals surface area contributed by atoms with E-state index in [2.05, 4.69) is 14.8 Å². The molecular weight excluding hydrogens is 262 g/mol. The maximum atomic E-state index is 9.29. The highest BCUT2D eigenvalue weighted by Gasteiger charge is 2.29. The quantitative estimate of drug-likeness (QED) is 0.899. The molecule has 0 aromatic carbocycles. The molecule has 0 aliphatic carbocycles. The number of aromatic nitrogens is 1. The van der Waals surface area contributed by atoms with Crippen LogP contribution in [-0.4, -0.2) is 47.2 Å². The SMILES string of the molecule is OCc1cc(N2CCN3CCCCC3C2)ncc1Cl. The summed E-state index contributed by atoms with van der Waals surface area (Å²) in [5, 5.41) is 9.83. The first-order valence-corrected chi connectivity index (χ1v) is 7.40. The van der Waals surface area contributed by atoms with Crippen LogP contribution in [0.5, 0.6) is 0 Å². The third kappa shape index (κ3) is 2.71. The number of piperazine rings is 1. The van der Waals surface area contributed by atoms with Crippen LogP contribution in [0.15, 0.2) is 12.3 Å². The van der Waals surface area contributed by atoms with Crippen LogP contribution in [0.25, 0.3) is 0 Å². The molecule has 2 aliphatic rings. The Balaban J connectivity index is 1.75. The lowest BCUT2D eigenvalue weighted by Gasteiger charge is -2.44. The predicted molar refractivity (Wildman–Crippen MR) is 76.6 cm³/mol. The smallest absolute Gasteiger partial charge is 0.129 e. The van der Waals surface area contributed by atoms with Gasteiger partial charge in [0.25, 0.3) is 0 Å². The van der Waals surface area contributed by atoms with Crippen molar-refractivity contribution in [2.45, 2.75) is 31.9 Å². The van der Waals surface area contributed by atoms with E-state index >= 15 is 0 Å². The fraction of sp³-hybridized carbons (Fsp3) is 0.643. The molecule has 0 spiro atoms. The van der Waals surface area contributed by atoms with E-state index < -0.39 is 0 Å². The second kappa shape index (κ2) is 5.65. The highest BCUT2D eigenvalue weighted by atomic mass is 35.5. The minimum Gasteiger partial charge on any atom is -0.392 e. The molecule has 2 fully saturated rings. The molecule has 3 heterocycles. The first-order valence-electron chi connectivity index (χ1n) is 7.02. The maximum Gasteiger partial charge on any atom is 0.129 e. The fourth-order valence-electron chi connectivity index (χ4n) is 3.13. The molecular formula is C14H20ClN3O. The number of pyridine rings is 1. The lowest BCUT2D eigenvalue weighted by Crippen LogP contribution is -2.55. The first-order chi connectivity index (χ1) is 9.28. The van der Waals surface area contributed by atoms with Gasteiger partial charge in [0.05, 0.1) is 11.6 Å². The summed E-state index contributed by atoms with van der Waals surface area (Å²) in [6.07, 6.45) is 5.61. The number of nitrogens with zero attached hydrogens (tertiary/aromatic N) is 3. The van der Waals surface area contributed by atoms with Gasteiger partial charge in [0, 0.05) is 37.4 Å². The van der Waals surface area contributed by atoms with Gasteiger partial charge in [0.2, 0.25) is 0 Å². The van der Waals surface area contributed by atoms with Crippen LogP contribution >= 0.6 is 11.6 Å². The molecule has 0 radical (unpaired) electrons. The zero-order valence-electron chi connectivity index (χ0n) is 11.1. The summed E-state index contributed by atoms with van der Waals surface area (Å²) in [5.41, 5.74) is 0.762. The summed E-state index contributed by atoms with van der Waals surface area (Å²) < 4.78 is 0. The van der Waals surface area contributed by atoms with Crippen LogP contribution in [-0.2, 0) is 6.61 Å². The molecule has 104 valence electrons. The van der Waals surface area contributed by atoms with Gasteiger partial charge in [-0.05, 0) is 25.5 Å². The van der Waals surface area contributed by atoms with E-state index in [0.717, 1.165) is 31.0 Å². The monoisotopic (exact) mass is 281 g/mol. The molecule has 1 aromatic rings. The second-order valence-electron chi connectivity index (χ2n) is 5.42. The number of fused-ring (bicyclic) bond motifs is 1. The Labute approximate surface area is 119 Å². The van der Waals surface area contributed by atoms with E-state index in [-0.39, 0.29) is 6.61 Å². The highest BCUT2D eigenvalue weighted by molar-refractivity contribution is 6.31. The standard InChI is InChI=1S/C14H20ClN3O/c15-13-8-16-14(7-11(13)10-19)18-6-5-17-4-2-1-3-12(17)9-18/h7-8,12,19H,1-6,9-10H2. The van der Waals surface area contributed by atoms with Crippen molar-refractivity contribution in [1.82, 2.24) is 9.88 Å². The molecule has 2 saturated heterocycles. The molecule has 0 amide bonds. The second-order valence-corrected chi connectivity index (χ2v) is 5.83. The van der Waals surface area contributed by atoms with E-state index in [1.54, 1.807) is 6.20 Å². The molecule has 1 unspecified atom stereocenters. The van der Waals surface area contributed by atoms with Crippen LogP contribution in [0.1, 0.15) is 24.8 Å². The molecule has 0 bridgehead atoms. The third-order valence-electron chi connectivity index (χ3n) is 4.25. The van der Waals surface area contributed by atoms with Crippen LogP contribution < -0.4 is 4.90 Å². The average molecular weight is 282 g/mol. The van der Waals surface area contributed by atoms with Crippen LogP contribution in [0.4, 0.5) is 5.82 Å². The van der Waals surface area contributed by atoms with Gasteiger partial charge in [-0.1, -0.05) is 18.0 Å². The normalized spacial score (nSPS) is 24.3. The Morgan fingerprint density at radius 3 is 3.05 bits per heavy atom. The van der Waals surface area contributed by atoms with Gasteiger partial charge in [0.15, 0.2) is 0 Å². The van der Waals surface area contributed by atoms with Crippen molar-refractivity contribution in [2.24, 2.45) is 0 Å². The highest BCUT2D eigenvalue weighted by Crippen LogP contribution is 2.26. The van der Waals surface area contributed by atoms with Crippen molar-refractivity contribution in [2.75, 3.05) is 31.1 Å². The van der Waals surface area contributed by atoms with Crippen molar-refractivity contribution in [1.29, 1.82) is 0 Å². The molecule has 2 aliphatic heterocycles. The molecule has 3 rings (SSSR count). The lowest BCUT2D eigenvalue weighted by atomic mass is 9.99. The van der Waals surface area contributed by atoms with Crippen molar-refractivity contribution >= 4 is 17.4 Å². The van der Waals surface area contributed by atoms with Gasteiger partial charge in [0.1, 0.15) is 5.82 Å². The lowest BCUT2D eigenvalue weighted by molar-refractivity contribution is 0.133. The third-order valence-corrected chi connectivity index (χ3v) is 4.59. The van der Waals surface area contributed by atoms with Crippen LogP contribution in [0.3, 0.4) is 0 Å². The summed E-state index contributed by atoms with van der Waals surface area (Å²) in [6, 6.07) is 2.58. The number of hydrogen-bond acceptors (Lipinski definition) is 4. The molecule has 1 aromatic heterocycles. The van der Waals surface area contributed by atoms with E-state index in [4.69, 9.17) is 11.6 Å². The zero-order chi connectivity index (χ0) is 13.2. The number of rotatable bonds is 2. The van der Waals surface area contributed by atoms with Gasteiger partial charge in [-0.25, -0.2) is 4.98 Å². The number of aliphatic hydroxyl groups excluding tert-OH is 1. The Hall–Kier alpha value is -0.840. The van der Waals surface area contributed by atoms with Crippen molar-refractivity contribution in [3.8, 4) is 0 Å². The van der Waals surface area contributed by atoms with E-state index in [1.165, 1.54) is 25.8 Å². The summed E-state index contributed by atoms with van der Waals surface area (Å²) in [5.74, 6) is 0.943. The molecule has 4 nitrogen and oxygen atoms in total. The van der Waals surface area contributed by atoms with Crippen LogP contribution in [0, 0.1) is 0 Å². The topological polar surface area (TPSA) is 39.6 Å². The van der Waals surface area contributed by atoms with Gasteiger partial charge in [-0.3, -0.25) is 4.90 Å².